The number of nitrogens with one attached hydrogen (secondary N) is 2. The van der Waals surface area contributed by atoms with Crippen molar-refractivity contribution in [1.82, 2.24) is 10.2 Å². The van der Waals surface area contributed by atoms with E-state index in [1.165, 1.54) is 0 Å². The fraction of sp³-hybridized carbons (Fsp3) is 0.778. The van der Waals surface area contributed by atoms with Gasteiger partial charge in [-0.05, 0) is 18.2 Å². The van der Waals surface area contributed by atoms with Crippen molar-refractivity contribution in [3.8, 4) is 0 Å². The quantitative estimate of drug-likeness (QED) is 0.692. The van der Waals surface area contributed by atoms with E-state index in [0.717, 1.165) is 0 Å². The lowest BCUT2D eigenvalue weighted by atomic mass is 10.2. The standard InChI is InChI=1S/C9H14N2O7P2S/c12-8(11-20(21)16-5-6-17-20)2-1-7-9(13)18-19(10-7)14-3-4-15-19/h7,10H,1-6H2/p+1/t7-/m1/s1. The van der Waals surface area contributed by atoms with E-state index in [0.29, 0.717) is 26.4 Å². The van der Waals surface area contributed by atoms with Crippen LogP contribution in [-0.4, -0.2) is 44.3 Å². The summed E-state index contributed by atoms with van der Waals surface area (Å²) in [5.74, 6) is -0.781. The van der Waals surface area contributed by atoms with E-state index in [4.69, 9.17) is 34.4 Å². The number of amides is 1. The van der Waals surface area contributed by atoms with E-state index < -0.39 is 26.7 Å². The molecule has 1 atom stereocenters. The molecule has 0 aromatic rings. The lowest BCUT2D eigenvalue weighted by molar-refractivity contribution is -0.134. The third-order valence-corrected chi connectivity index (χ3v) is 7.51. The fourth-order valence-electron chi connectivity index (χ4n) is 2.01. The molecule has 0 bridgehead atoms. The van der Waals surface area contributed by atoms with Crippen molar-refractivity contribution in [2.75, 3.05) is 26.4 Å². The van der Waals surface area contributed by atoms with Crippen LogP contribution in [0.4, 0.5) is 0 Å². The molecule has 12 heteroatoms. The average Bonchev–Trinajstić information content (AvgIpc) is 3.11. The van der Waals surface area contributed by atoms with Crippen LogP contribution in [0, 0.1) is 0 Å². The topological polar surface area (TPSA) is 104 Å². The largest absolute Gasteiger partial charge is 0.550 e. The minimum absolute atomic E-state index is 0.0951. The molecule has 3 aliphatic heterocycles. The van der Waals surface area contributed by atoms with Crippen molar-refractivity contribution in [1.29, 1.82) is 0 Å². The Balaban J connectivity index is 1.47. The van der Waals surface area contributed by atoms with E-state index in [2.05, 4.69) is 10.2 Å². The van der Waals surface area contributed by atoms with Crippen LogP contribution in [0.1, 0.15) is 12.8 Å². The SMILES string of the molecule is O=C(CC[C@H]1N[P+]2(OCCO2)OC1=O)NP1(=S)OCCO1. The fourth-order valence-corrected chi connectivity index (χ4v) is 6.01. The first kappa shape index (κ1) is 15.7. The Morgan fingerprint density at radius 1 is 1.33 bits per heavy atom. The van der Waals surface area contributed by atoms with E-state index in [1.807, 2.05) is 0 Å². The molecule has 0 unspecified atom stereocenters. The number of hydrogen-bond acceptors (Lipinski definition) is 9. The molecule has 0 aromatic carbocycles. The molecular weight excluding hydrogens is 342 g/mol. The second-order valence-electron chi connectivity index (χ2n) is 4.49. The molecule has 3 fully saturated rings. The first-order valence-corrected chi connectivity index (χ1v) is 10.6. The van der Waals surface area contributed by atoms with Gasteiger partial charge in [-0.1, -0.05) is 5.09 Å². The Labute approximate surface area is 126 Å². The second kappa shape index (κ2) is 6.14. The smallest absolute Gasteiger partial charge is 0.311 e. The summed E-state index contributed by atoms with van der Waals surface area (Å²) in [6.07, 6.45) is 0.354. The second-order valence-corrected chi connectivity index (χ2v) is 9.62. The highest BCUT2D eigenvalue weighted by Crippen LogP contribution is 2.64. The van der Waals surface area contributed by atoms with Crippen LogP contribution in [0.3, 0.4) is 0 Å². The Bertz CT molecular complexity index is 488. The van der Waals surface area contributed by atoms with Crippen molar-refractivity contribution in [3.05, 3.63) is 0 Å². The van der Waals surface area contributed by atoms with Crippen LogP contribution in [0.25, 0.3) is 0 Å². The molecule has 3 rings (SSSR count). The predicted molar refractivity (Wildman–Crippen MR) is 75.4 cm³/mol. The highest BCUT2D eigenvalue weighted by molar-refractivity contribution is 8.09. The molecule has 3 saturated heterocycles. The minimum Gasteiger partial charge on any atom is -0.311 e. The third-order valence-electron chi connectivity index (χ3n) is 2.94. The average molecular weight is 357 g/mol. The summed E-state index contributed by atoms with van der Waals surface area (Å²) in [4.78, 5) is 23.6. The Morgan fingerprint density at radius 3 is 2.67 bits per heavy atom. The molecule has 118 valence electrons. The Kier molecular flexibility index (Phi) is 4.59. The van der Waals surface area contributed by atoms with Crippen molar-refractivity contribution in [2.24, 2.45) is 0 Å². The molecule has 3 aliphatic rings. The number of hydrogen-bond donors (Lipinski definition) is 2. The number of carbonyl (C=O) groups is 2. The number of carbonyl (C=O) groups excluding carboxylic acids is 2. The Hall–Kier alpha value is -0.180. The molecule has 9 nitrogen and oxygen atoms in total. The molecule has 0 radical (unpaired) electrons. The molecule has 1 spiro atoms. The zero-order valence-corrected chi connectivity index (χ0v) is 13.6. The van der Waals surface area contributed by atoms with Crippen LogP contribution < -0.4 is 10.2 Å². The highest BCUT2D eigenvalue weighted by atomic mass is 32.5. The van der Waals surface area contributed by atoms with Crippen LogP contribution in [0.5, 0.6) is 0 Å². The van der Waals surface area contributed by atoms with E-state index in [1.54, 1.807) is 0 Å². The summed E-state index contributed by atoms with van der Waals surface area (Å²) in [5.41, 5.74) is 0. The van der Waals surface area contributed by atoms with Crippen molar-refractivity contribution < 1.29 is 32.2 Å². The molecule has 1 amide bonds. The van der Waals surface area contributed by atoms with Gasteiger partial charge >= 0.3 is 14.1 Å². The minimum atomic E-state index is -2.71. The Morgan fingerprint density at radius 2 is 2.00 bits per heavy atom. The van der Waals surface area contributed by atoms with Gasteiger partial charge < -0.3 is 9.05 Å². The van der Waals surface area contributed by atoms with Gasteiger partial charge in [-0.25, -0.2) is 9.32 Å². The first-order chi connectivity index (χ1) is 10.0. The summed E-state index contributed by atoms with van der Waals surface area (Å²) >= 11 is 5.09. The van der Waals surface area contributed by atoms with E-state index in [9.17, 15) is 9.59 Å². The van der Waals surface area contributed by atoms with Gasteiger partial charge in [0.05, 0.1) is 13.2 Å². The molecular formula is C9H15N2O7P2S+. The van der Waals surface area contributed by atoms with Gasteiger partial charge in [0, 0.05) is 6.42 Å². The zero-order valence-electron chi connectivity index (χ0n) is 11.0. The maximum atomic E-state index is 11.8. The summed E-state index contributed by atoms with van der Waals surface area (Å²) in [6, 6.07) is -0.619. The molecule has 0 saturated carbocycles. The van der Waals surface area contributed by atoms with Crippen LogP contribution >= 0.6 is 14.7 Å². The lowest BCUT2D eigenvalue weighted by Gasteiger charge is -2.14. The van der Waals surface area contributed by atoms with E-state index >= 15 is 0 Å². The molecule has 21 heavy (non-hydrogen) atoms. The van der Waals surface area contributed by atoms with Gasteiger partial charge in [-0.3, -0.25) is 9.88 Å². The normalized spacial score (nSPS) is 29.7. The van der Waals surface area contributed by atoms with Crippen molar-refractivity contribution >= 4 is 38.4 Å². The monoisotopic (exact) mass is 357 g/mol. The van der Waals surface area contributed by atoms with Gasteiger partial charge in [0.1, 0.15) is 13.2 Å². The van der Waals surface area contributed by atoms with Crippen molar-refractivity contribution in [2.45, 2.75) is 18.9 Å². The zero-order chi connectivity index (χ0) is 14.9. The van der Waals surface area contributed by atoms with Crippen LogP contribution in [0.2, 0.25) is 0 Å². The summed E-state index contributed by atoms with van der Waals surface area (Å²) in [5, 5.41) is 5.47. The maximum Gasteiger partial charge on any atom is 0.550 e. The lowest BCUT2D eigenvalue weighted by Crippen LogP contribution is -2.29. The first-order valence-electron chi connectivity index (χ1n) is 6.40. The van der Waals surface area contributed by atoms with Crippen LogP contribution in [-0.2, 0) is 44.0 Å². The van der Waals surface area contributed by atoms with Gasteiger partial charge in [-0.2, -0.15) is 9.05 Å². The summed E-state index contributed by atoms with van der Waals surface area (Å²) in [7, 11) is -2.71. The molecule has 0 aliphatic carbocycles. The third kappa shape index (κ3) is 3.60. The van der Waals surface area contributed by atoms with Gasteiger partial charge in [-0.15, -0.1) is 0 Å². The molecule has 3 heterocycles. The van der Waals surface area contributed by atoms with Crippen molar-refractivity contribution in [3.63, 3.8) is 0 Å². The molecule has 2 N–H and O–H groups in total. The summed E-state index contributed by atoms with van der Waals surface area (Å²) in [6.45, 7) is -1.13. The highest BCUT2D eigenvalue weighted by Gasteiger charge is 2.62. The maximum absolute atomic E-state index is 11.8. The van der Waals surface area contributed by atoms with Gasteiger partial charge in [0.15, 0.2) is 6.04 Å². The predicted octanol–water partition coefficient (Wildman–Crippen LogP) is 0.393. The van der Waals surface area contributed by atoms with Gasteiger partial charge in [0.2, 0.25) is 5.91 Å². The summed E-state index contributed by atoms with van der Waals surface area (Å²) < 4.78 is 26.2. The van der Waals surface area contributed by atoms with Crippen LogP contribution in [0.15, 0.2) is 0 Å². The van der Waals surface area contributed by atoms with Gasteiger partial charge in [0.25, 0.3) is 6.64 Å². The molecule has 0 aromatic heterocycles. The number of rotatable bonds is 4. The van der Waals surface area contributed by atoms with E-state index in [-0.39, 0.29) is 18.7 Å².